The van der Waals surface area contributed by atoms with Crippen LogP contribution in [0.1, 0.15) is 16.2 Å². The summed E-state index contributed by atoms with van der Waals surface area (Å²) in [6.07, 6.45) is 3.02. The summed E-state index contributed by atoms with van der Waals surface area (Å²) in [6, 6.07) is 11.2. The van der Waals surface area contributed by atoms with Crippen LogP contribution in [0.25, 0.3) is 10.2 Å². The first kappa shape index (κ1) is 16.8. The fourth-order valence-corrected chi connectivity index (χ4v) is 3.47. The summed E-state index contributed by atoms with van der Waals surface area (Å²) in [5, 5.41) is 14.9. The predicted octanol–water partition coefficient (Wildman–Crippen LogP) is 3.43. The quantitative estimate of drug-likeness (QED) is 0.384. The Morgan fingerprint density at radius 2 is 2.11 bits per heavy atom. The Balaban J connectivity index is 1.76. The van der Waals surface area contributed by atoms with Gasteiger partial charge >= 0.3 is 0 Å². The summed E-state index contributed by atoms with van der Waals surface area (Å²) in [4.78, 5) is 33.5. The number of pyridine rings is 1. The lowest BCUT2D eigenvalue weighted by atomic mass is 10.3. The Hall–Kier alpha value is -3.66. The molecule has 1 aromatic carbocycles. The number of hydrogen-bond donors (Lipinski definition) is 0. The standard InChI is InChI=1S/C17H11N5O4S/c23-16(14-6-8-19-26-14)21(10-11-3-1-2-7-18-11)17-20-13-5-4-12(22(24)25)9-15(13)27-17/h1-9H,10H2. The molecule has 0 atom stereocenters. The summed E-state index contributed by atoms with van der Waals surface area (Å²) in [6.45, 7) is 0.169. The Labute approximate surface area is 156 Å². The maximum absolute atomic E-state index is 12.9. The van der Waals surface area contributed by atoms with Crippen LogP contribution in [0.3, 0.4) is 0 Å². The molecule has 0 saturated carbocycles. The average Bonchev–Trinajstić information content (AvgIpc) is 3.35. The predicted molar refractivity (Wildman–Crippen MR) is 97.5 cm³/mol. The number of aromatic nitrogens is 3. The number of nitro benzene ring substituents is 1. The van der Waals surface area contributed by atoms with E-state index in [1.54, 1.807) is 24.4 Å². The number of amides is 1. The molecule has 0 aliphatic carbocycles. The van der Waals surface area contributed by atoms with Gasteiger partial charge in [-0.05, 0) is 18.2 Å². The second-order valence-corrected chi connectivity index (χ2v) is 6.50. The summed E-state index contributed by atoms with van der Waals surface area (Å²) < 4.78 is 5.59. The third kappa shape index (κ3) is 3.37. The number of anilines is 1. The molecule has 134 valence electrons. The molecule has 9 nitrogen and oxygen atoms in total. The highest BCUT2D eigenvalue weighted by atomic mass is 32.1. The van der Waals surface area contributed by atoms with Crippen molar-refractivity contribution in [3.8, 4) is 0 Å². The van der Waals surface area contributed by atoms with E-state index in [0.717, 1.165) is 0 Å². The van der Waals surface area contributed by atoms with Gasteiger partial charge in [0.2, 0.25) is 5.76 Å². The highest BCUT2D eigenvalue weighted by molar-refractivity contribution is 7.22. The number of rotatable bonds is 5. The minimum Gasteiger partial charge on any atom is -0.351 e. The second-order valence-electron chi connectivity index (χ2n) is 5.49. The normalized spacial score (nSPS) is 10.8. The molecular formula is C17H11N5O4S. The maximum Gasteiger partial charge on any atom is 0.299 e. The molecule has 10 heteroatoms. The van der Waals surface area contributed by atoms with Crippen LogP contribution in [0.5, 0.6) is 0 Å². The van der Waals surface area contributed by atoms with Crippen molar-refractivity contribution in [2.24, 2.45) is 0 Å². The van der Waals surface area contributed by atoms with Crippen molar-refractivity contribution in [1.29, 1.82) is 0 Å². The largest absolute Gasteiger partial charge is 0.351 e. The summed E-state index contributed by atoms with van der Waals surface area (Å²) in [5.41, 5.74) is 1.20. The fraction of sp³-hybridized carbons (Fsp3) is 0.0588. The van der Waals surface area contributed by atoms with Gasteiger partial charge in [0, 0.05) is 24.4 Å². The van der Waals surface area contributed by atoms with Gasteiger partial charge in [-0.3, -0.25) is 24.8 Å². The van der Waals surface area contributed by atoms with Gasteiger partial charge in [0.05, 0.1) is 33.6 Å². The molecule has 1 amide bonds. The van der Waals surface area contributed by atoms with E-state index >= 15 is 0 Å². The molecule has 0 aliphatic heterocycles. The van der Waals surface area contributed by atoms with E-state index in [4.69, 9.17) is 4.52 Å². The molecule has 3 heterocycles. The Bertz CT molecular complexity index is 1110. The lowest BCUT2D eigenvalue weighted by molar-refractivity contribution is -0.384. The average molecular weight is 381 g/mol. The van der Waals surface area contributed by atoms with Crippen LogP contribution in [0, 0.1) is 10.1 Å². The number of nitrogens with zero attached hydrogens (tertiary/aromatic N) is 5. The van der Waals surface area contributed by atoms with Crippen molar-refractivity contribution in [1.82, 2.24) is 15.1 Å². The van der Waals surface area contributed by atoms with Crippen LogP contribution >= 0.6 is 11.3 Å². The van der Waals surface area contributed by atoms with E-state index in [-0.39, 0.29) is 18.0 Å². The van der Waals surface area contributed by atoms with E-state index in [0.29, 0.717) is 21.0 Å². The lowest BCUT2D eigenvalue weighted by Crippen LogP contribution is -2.30. The topological polar surface area (TPSA) is 115 Å². The Kier molecular flexibility index (Phi) is 4.30. The number of benzene rings is 1. The molecule has 4 rings (SSSR count). The first-order valence-electron chi connectivity index (χ1n) is 7.79. The zero-order valence-electron chi connectivity index (χ0n) is 13.7. The van der Waals surface area contributed by atoms with Gasteiger partial charge in [0.25, 0.3) is 11.6 Å². The second kappa shape index (κ2) is 6.92. The van der Waals surface area contributed by atoms with Crippen LogP contribution < -0.4 is 4.90 Å². The highest BCUT2D eigenvalue weighted by Gasteiger charge is 2.25. The number of non-ortho nitro benzene ring substituents is 1. The van der Waals surface area contributed by atoms with Crippen LogP contribution in [0.4, 0.5) is 10.8 Å². The summed E-state index contributed by atoms with van der Waals surface area (Å²) in [7, 11) is 0. The SMILES string of the molecule is O=C(c1ccno1)N(Cc1ccccn1)c1nc2ccc([N+](=O)[O-])cc2s1. The Morgan fingerprint density at radius 1 is 1.22 bits per heavy atom. The van der Waals surface area contributed by atoms with E-state index in [1.807, 2.05) is 6.07 Å². The number of carbonyl (C=O) groups excluding carboxylic acids is 1. The van der Waals surface area contributed by atoms with Crippen LogP contribution in [-0.2, 0) is 6.54 Å². The van der Waals surface area contributed by atoms with Crippen LogP contribution in [-0.4, -0.2) is 26.0 Å². The number of carbonyl (C=O) groups is 1. The molecule has 0 fully saturated rings. The smallest absolute Gasteiger partial charge is 0.299 e. The van der Waals surface area contributed by atoms with Crippen LogP contribution in [0.2, 0.25) is 0 Å². The molecular weight excluding hydrogens is 370 g/mol. The highest BCUT2D eigenvalue weighted by Crippen LogP contribution is 2.32. The van der Waals surface area contributed by atoms with Crippen LogP contribution in [0.15, 0.2) is 59.4 Å². The summed E-state index contributed by atoms with van der Waals surface area (Å²) in [5.74, 6) is -0.358. The molecule has 0 saturated heterocycles. The molecule has 27 heavy (non-hydrogen) atoms. The summed E-state index contributed by atoms with van der Waals surface area (Å²) >= 11 is 1.18. The van der Waals surface area contributed by atoms with Gasteiger partial charge in [0.15, 0.2) is 5.13 Å². The number of hydrogen-bond acceptors (Lipinski definition) is 8. The molecule has 3 aromatic heterocycles. The molecule has 0 unspecified atom stereocenters. The third-order valence-electron chi connectivity index (χ3n) is 3.74. The first-order valence-corrected chi connectivity index (χ1v) is 8.61. The van der Waals surface area contributed by atoms with Gasteiger partial charge in [0.1, 0.15) is 0 Å². The van der Waals surface area contributed by atoms with Crippen molar-refractivity contribution in [2.45, 2.75) is 6.54 Å². The van der Waals surface area contributed by atoms with Crippen molar-refractivity contribution in [2.75, 3.05) is 4.90 Å². The minimum atomic E-state index is -0.468. The Morgan fingerprint density at radius 3 is 2.81 bits per heavy atom. The van der Waals surface area contributed by atoms with Crippen molar-refractivity contribution in [3.63, 3.8) is 0 Å². The monoisotopic (exact) mass is 381 g/mol. The van der Waals surface area contributed by atoms with E-state index in [9.17, 15) is 14.9 Å². The van der Waals surface area contributed by atoms with E-state index < -0.39 is 10.8 Å². The third-order valence-corrected chi connectivity index (χ3v) is 4.78. The van der Waals surface area contributed by atoms with E-state index in [1.165, 1.54) is 40.6 Å². The molecule has 0 bridgehead atoms. The molecule has 0 radical (unpaired) electrons. The molecule has 0 aliphatic rings. The molecule has 0 N–H and O–H groups in total. The minimum absolute atomic E-state index is 0.0319. The zero-order valence-corrected chi connectivity index (χ0v) is 14.5. The van der Waals surface area contributed by atoms with Gasteiger partial charge in [-0.1, -0.05) is 22.6 Å². The first-order chi connectivity index (χ1) is 13.1. The van der Waals surface area contributed by atoms with Gasteiger partial charge in [-0.25, -0.2) is 4.98 Å². The lowest BCUT2D eigenvalue weighted by Gasteiger charge is -2.17. The number of thiazole rings is 1. The molecule has 0 spiro atoms. The van der Waals surface area contributed by atoms with Gasteiger partial charge in [-0.2, -0.15) is 0 Å². The van der Waals surface area contributed by atoms with Crippen molar-refractivity contribution < 1.29 is 14.2 Å². The number of fused-ring (bicyclic) bond motifs is 1. The van der Waals surface area contributed by atoms with Crippen molar-refractivity contribution in [3.05, 3.63) is 76.4 Å². The van der Waals surface area contributed by atoms with Gasteiger partial charge < -0.3 is 4.52 Å². The maximum atomic E-state index is 12.9. The molecule has 4 aromatic rings. The van der Waals surface area contributed by atoms with Crippen molar-refractivity contribution >= 4 is 38.3 Å². The van der Waals surface area contributed by atoms with Gasteiger partial charge in [-0.15, -0.1) is 0 Å². The zero-order chi connectivity index (χ0) is 18.8. The van der Waals surface area contributed by atoms with E-state index in [2.05, 4.69) is 15.1 Å². The fourth-order valence-electron chi connectivity index (χ4n) is 2.47. The number of nitro groups is 1.